The van der Waals surface area contributed by atoms with E-state index in [1.807, 2.05) is 35.8 Å². The van der Waals surface area contributed by atoms with Gasteiger partial charge in [-0.3, -0.25) is 9.59 Å². The van der Waals surface area contributed by atoms with E-state index in [-0.39, 0.29) is 10.8 Å². The maximum atomic E-state index is 12.6. The highest BCUT2D eigenvalue weighted by Gasteiger charge is 2.23. The first kappa shape index (κ1) is 22.6. The molecule has 0 saturated carbocycles. The molecule has 33 heavy (non-hydrogen) atoms. The van der Waals surface area contributed by atoms with Crippen molar-refractivity contribution in [2.24, 2.45) is 0 Å². The predicted molar refractivity (Wildman–Crippen MR) is 129 cm³/mol. The summed E-state index contributed by atoms with van der Waals surface area (Å²) in [5, 5.41) is 8.44. The molecule has 0 aliphatic rings. The minimum absolute atomic E-state index is 0.0212. The van der Waals surface area contributed by atoms with Crippen molar-refractivity contribution in [2.45, 2.75) is 24.8 Å². The van der Waals surface area contributed by atoms with E-state index in [1.54, 1.807) is 0 Å². The minimum atomic E-state index is -3.94. The monoisotopic (exact) mass is 483 g/mol. The summed E-state index contributed by atoms with van der Waals surface area (Å²) in [6, 6.07) is 12.5. The molecule has 0 aliphatic heterocycles. The average molecular weight is 484 g/mol. The molecule has 2 amide bonds. The van der Waals surface area contributed by atoms with Gasteiger partial charge in [-0.1, -0.05) is 18.2 Å². The van der Waals surface area contributed by atoms with Gasteiger partial charge in [0.15, 0.2) is 5.13 Å². The van der Waals surface area contributed by atoms with E-state index in [9.17, 15) is 18.0 Å². The zero-order valence-corrected chi connectivity index (χ0v) is 19.4. The van der Waals surface area contributed by atoms with E-state index in [4.69, 9.17) is 0 Å². The SMILES string of the molecule is CC(=O)Nc1ccc(S(=O)(=O)NC(C)C(=O)Nc2nc(-c3c[nH]c4ccccc34)cs2)cc1. The minimum Gasteiger partial charge on any atom is -0.360 e. The summed E-state index contributed by atoms with van der Waals surface area (Å²) < 4.78 is 27.6. The van der Waals surface area contributed by atoms with Gasteiger partial charge in [0.05, 0.1) is 16.6 Å². The number of benzene rings is 2. The molecule has 9 nitrogen and oxygen atoms in total. The van der Waals surface area contributed by atoms with Gasteiger partial charge in [-0.15, -0.1) is 11.3 Å². The van der Waals surface area contributed by atoms with Crippen molar-refractivity contribution in [3.05, 3.63) is 60.1 Å². The number of anilines is 2. The Bertz CT molecular complexity index is 1420. The van der Waals surface area contributed by atoms with Crippen LogP contribution in [0.3, 0.4) is 0 Å². The van der Waals surface area contributed by atoms with E-state index >= 15 is 0 Å². The normalized spacial score (nSPS) is 12.4. The van der Waals surface area contributed by atoms with E-state index in [2.05, 4.69) is 25.3 Å². The van der Waals surface area contributed by atoms with Crippen LogP contribution in [-0.4, -0.2) is 36.2 Å². The highest BCUT2D eigenvalue weighted by molar-refractivity contribution is 7.89. The molecular weight excluding hydrogens is 462 g/mol. The smallest absolute Gasteiger partial charge is 0.244 e. The first-order valence-electron chi connectivity index (χ1n) is 9.96. The number of rotatable bonds is 7. The number of sulfonamides is 1. The number of aromatic nitrogens is 2. The van der Waals surface area contributed by atoms with Crippen LogP contribution in [0.4, 0.5) is 10.8 Å². The lowest BCUT2D eigenvalue weighted by Crippen LogP contribution is -2.41. The van der Waals surface area contributed by atoms with Gasteiger partial charge >= 0.3 is 0 Å². The van der Waals surface area contributed by atoms with E-state index in [0.717, 1.165) is 16.5 Å². The third kappa shape index (κ3) is 5.11. The Morgan fingerprint density at radius 1 is 1.06 bits per heavy atom. The Balaban J connectivity index is 1.42. The number of thiazole rings is 1. The third-order valence-corrected chi connectivity index (χ3v) is 7.12. The summed E-state index contributed by atoms with van der Waals surface area (Å²) in [6.07, 6.45) is 1.86. The molecular formula is C22H21N5O4S2. The molecule has 0 aliphatic carbocycles. The fourth-order valence-electron chi connectivity index (χ4n) is 3.23. The molecule has 0 fully saturated rings. The Labute approximate surface area is 194 Å². The molecule has 0 saturated heterocycles. The number of hydrogen-bond donors (Lipinski definition) is 4. The van der Waals surface area contributed by atoms with Crippen LogP contribution in [0, 0.1) is 0 Å². The lowest BCUT2D eigenvalue weighted by atomic mass is 10.1. The number of aromatic amines is 1. The van der Waals surface area contributed by atoms with Gasteiger partial charge in [-0.25, -0.2) is 13.4 Å². The first-order chi connectivity index (χ1) is 15.7. The quantitative estimate of drug-likeness (QED) is 0.319. The van der Waals surface area contributed by atoms with Crippen LogP contribution in [-0.2, 0) is 19.6 Å². The molecule has 11 heteroatoms. The van der Waals surface area contributed by atoms with Gasteiger partial charge in [0.2, 0.25) is 21.8 Å². The molecule has 4 N–H and O–H groups in total. The van der Waals surface area contributed by atoms with Gasteiger partial charge in [0.25, 0.3) is 0 Å². The second-order valence-electron chi connectivity index (χ2n) is 7.32. The highest BCUT2D eigenvalue weighted by atomic mass is 32.2. The number of carbonyl (C=O) groups is 2. The number of H-pyrrole nitrogens is 1. The standard InChI is InChI=1S/C22H21N5O4S2/c1-13(27-33(30,31)16-9-7-15(8-10-16)24-14(2)28)21(29)26-22-25-20(12-32-22)18-11-23-19-6-4-3-5-17(18)19/h3-13,23,27H,1-2H3,(H,24,28)(H,25,26,29). The summed E-state index contributed by atoms with van der Waals surface area (Å²) in [5.41, 5.74) is 3.08. The fraction of sp³-hybridized carbons (Fsp3) is 0.136. The van der Waals surface area contributed by atoms with Gasteiger partial charge in [0.1, 0.15) is 0 Å². The second kappa shape index (κ2) is 9.14. The zero-order valence-electron chi connectivity index (χ0n) is 17.7. The van der Waals surface area contributed by atoms with Crippen LogP contribution in [0.2, 0.25) is 0 Å². The molecule has 0 spiro atoms. The summed E-state index contributed by atoms with van der Waals surface area (Å²) in [7, 11) is -3.94. The Kier molecular flexibility index (Phi) is 6.27. The maximum Gasteiger partial charge on any atom is 0.244 e. The summed E-state index contributed by atoms with van der Waals surface area (Å²) in [5.74, 6) is -0.794. The van der Waals surface area contributed by atoms with Crippen LogP contribution in [0.1, 0.15) is 13.8 Å². The Morgan fingerprint density at radius 2 is 1.79 bits per heavy atom. The van der Waals surface area contributed by atoms with E-state index in [1.165, 1.54) is 49.4 Å². The van der Waals surface area contributed by atoms with Crippen LogP contribution >= 0.6 is 11.3 Å². The van der Waals surface area contributed by atoms with Crippen LogP contribution in [0.5, 0.6) is 0 Å². The molecule has 2 heterocycles. The van der Waals surface area contributed by atoms with Crippen LogP contribution in [0.15, 0.2) is 65.0 Å². The van der Waals surface area contributed by atoms with Crippen LogP contribution < -0.4 is 15.4 Å². The maximum absolute atomic E-state index is 12.6. The fourth-order valence-corrected chi connectivity index (χ4v) is 5.14. The zero-order chi connectivity index (χ0) is 23.6. The Morgan fingerprint density at radius 3 is 2.52 bits per heavy atom. The number of nitrogens with zero attached hydrogens (tertiary/aromatic N) is 1. The molecule has 2 aromatic heterocycles. The molecule has 4 aromatic rings. The largest absolute Gasteiger partial charge is 0.360 e. The molecule has 0 radical (unpaired) electrons. The predicted octanol–water partition coefficient (Wildman–Crippen LogP) is 3.56. The number of nitrogens with one attached hydrogen (secondary N) is 4. The third-order valence-electron chi connectivity index (χ3n) is 4.81. The Hall–Kier alpha value is -3.54. The van der Waals surface area contributed by atoms with Gasteiger partial charge in [-0.2, -0.15) is 4.72 Å². The molecule has 1 unspecified atom stereocenters. The van der Waals surface area contributed by atoms with Crippen molar-refractivity contribution in [3.8, 4) is 11.3 Å². The molecule has 0 bridgehead atoms. The average Bonchev–Trinajstić information content (AvgIpc) is 3.40. The number of carbonyl (C=O) groups excluding carboxylic acids is 2. The van der Waals surface area contributed by atoms with E-state index in [0.29, 0.717) is 16.5 Å². The van der Waals surface area contributed by atoms with Crippen molar-refractivity contribution in [3.63, 3.8) is 0 Å². The van der Waals surface area contributed by atoms with Crippen molar-refractivity contribution in [1.82, 2.24) is 14.7 Å². The number of amides is 2. The van der Waals surface area contributed by atoms with E-state index < -0.39 is 22.0 Å². The summed E-state index contributed by atoms with van der Waals surface area (Å²) >= 11 is 1.25. The summed E-state index contributed by atoms with van der Waals surface area (Å²) in [6.45, 7) is 2.81. The van der Waals surface area contributed by atoms with Gasteiger partial charge < -0.3 is 15.6 Å². The van der Waals surface area contributed by atoms with Crippen molar-refractivity contribution < 1.29 is 18.0 Å². The van der Waals surface area contributed by atoms with Crippen LogP contribution in [0.25, 0.3) is 22.2 Å². The summed E-state index contributed by atoms with van der Waals surface area (Å²) in [4.78, 5) is 31.3. The highest BCUT2D eigenvalue weighted by Crippen LogP contribution is 2.31. The molecule has 1 atom stereocenters. The van der Waals surface area contributed by atoms with Gasteiger partial charge in [0, 0.05) is 40.7 Å². The lowest BCUT2D eigenvalue weighted by Gasteiger charge is -2.14. The lowest BCUT2D eigenvalue weighted by molar-refractivity contribution is -0.117. The number of para-hydroxylation sites is 1. The van der Waals surface area contributed by atoms with Gasteiger partial charge in [-0.05, 0) is 37.3 Å². The molecule has 170 valence electrons. The molecule has 2 aromatic carbocycles. The topological polar surface area (TPSA) is 133 Å². The molecule has 4 rings (SSSR count). The number of fused-ring (bicyclic) bond motifs is 1. The van der Waals surface area contributed by atoms with Crippen molar-refractivity contribution >= 4 is 54.9 Å². The number of hydrogen-bond acceptors (Lipinski definition) is 6. The van der Waals surface area contributed by atoms with Crippen molar-refractivity contribution in [2.75, 3.05) is 10.6 Å². The first-order valence-corrected chi connectivity index (χ1v) is 12.3. The van der Waals surface area contributed by atoms with Crippen molar-refractivity contribution in [1.29, 1.82) is 0 Å². The second-order valence-corrected chi connectivity index (χ2v) is 9.90.